The van der Waals surface area contributed by atoms with Crippen LogP contribution in [0.4, 0.5) is 10.5 Å². The Morgan fingerprint density at radius 3 is 2.31 bits per heavy atom. The van der Waals surface area contributed by atoms with E-state index in [0.717, 1.165) is 54.5 Å². The predicted octanol–water partition coefficient (Wildman–Crippen LogP) is 5.12. The predicted molar refractivity (Wildman–Crippen MR) is 198 cm³/mol. The smallest absolute Gasteiger partial charge is 0.407 e. The molecule has 6 rings (SSSR count). The fraction of sp³-hybridized carbons (Fsp3) is 0.436. The molecule has 13 nitrogen and oxygen atoms in total. The zero-order valence-electron chi connectivity index (χ0n) is 29.8. The molecular weight excluding hydrogens is 662 g/mol. The Hall–Kier alpha value is -5.46. The van der Waals surface area contributed by atoms with Crippen molar-refractivity contribution < 1.29 is 23.9 Å². The molecule has 2 aromatic heterocycles. The number of alkyl carbamates (subject to hydrolysis) is 1. The van der Waals surface area contributed by atoms with E-state index >= 15 is 0 Å². The number of aromatic amines is 2. The molecule has 0 saturated heterocycles. The summed E-state index contributed by atoms with van der Waals surface area (Å²) in [4.78, 5) is 73.6. The van der Waals surface area contributed by atoms with Crippen LogP contribution in [0.3, 0.4) is 0 Å². The maximum Gasteiger partial charge on any atom is 0.407 e. The lowest BCUT2D eigenvalue weighted by molar-refractivity contribution is -0.130. The number of ether oxygens (including phenoxy) is 1. The van der Waals surface area contributed by atoms with Gasteiger partial charge in [-0.15, -0.1) is 0 Å². The van der Waals surface area contributed by atoms with Crippen molar-refractivity contribution in [1.29, 1.82) is 0 Å². The summed E-state index contributed by atoms with van der Waals surface area (Å²) in [6.45, 7) is 5.97. The van der Waals surface area contributed by atoms with Crippen LogP contribution in [0, 0.1) is 18.8 Å². The summed E-state index contributed by atoms with van der Waals surface area (Å²) in [5, 5.41) is 11.8. The first-order chi connectivity index (χ1) is 25.0. The van der Waals surface area contributed by atoms with Gasteiger partial charge < -0.3 is 36.0 Å². The lowest BCUT2D eigenvalue weighted by atomic mass is 9.81. The summed E-state index contributed by atoms with van der Waals surface area (Å²) in [5.74, 6) is -0.734. The molecule has 0 unspecified atom stereocenters. The molecule has 274 valence electrons. The van der Waals surface area contributed by atoms with Crippen molar-refractivity contribution in [2.24, 2.45) is 11.8 Å². The molecule has 13 heteroatoms. The Bertz CT molecular complexity index is 1970. The van der Waals surface area contributed by atoms with E-state index in [1.807, 2.05) is 37.3 Å². The third-order valence-corrected chi connectivity index (χ3v) is 9.98. The van der Waals surface area contributed by atoms with Gasteiger partial charge in [-0.2, -0.15) is 0 Å². The Morgan fingerprint density at radius 1 is 0.904 bits per heavy atom. The number of nitrogens with zero attached hydrogens (tertiary/aromatic N) is 1. The summed E-state index contributed by atoms with van der Waals surface area (Å²) in [6, 6.07) is 15.8. The van der Waals surface area contributed by atoms with Crippen molar-refractivity contribution in [1.82, 2.24) is 30.9 Å². The van der Waals surface area contributed by atoms with E-state index in [-0.39, 0.29) is 53.8 Å². The minimum Gasteiger partial charge on any atom is -0.447 e. The van der Waals surface area contributed by atoms with Crippen LogP contribution >= 0.6 is 0 Å². The van der Waals surface area contributed by atoms with E-state index in [4.69, 9.17) is 4.74 Å². The number of imidazole rings is 1. The van der Waals surface area contributed by atoms with Gasteiger partial charge in [-0.25, -0.2) is 14.6 Å². The number of nitrogens with one attached hydrogen (secondary N) is 6. The number of hydrogen-bond donors (Lipinski definition) is 6. The van der Waals surface area contributed by atoms with Crippen molar-refractivity contribution in [3.05, 3.63) is 82.0 Å². The second kappa shape index (κ2) is 16.3. The maximum absolute atomic E-state index is 13.8. The number of amides is 4. The first-order valence-electron chi connectivity index (χ1n) is 18.2. The third kappa shape index (κ3) is 9.25. The lowest BCUT2D eigenvalue weighted by Crippen LogP contribution is -2.48. The molecule has 6 N–H and O–H groups in total. The molecule has 4 amide bonds. The fourth-order valence-corrected chi connectivity index (χ4v) is 6.81. The van der Waals surface area contributed by atoms with Crippen molar-refractivity contribution in [2.75, 3.05) is 11.9 Å². The largest absolute Gasteiger partial charge is 0.447 e. The third-order valence-electron chi connectivity index (χ3n) is 9.98. The van der Waals surface area contributed by atoms with Gasteiger partial charge in [-0.3, -0.25) is 14.4 Å². The first-order valence-corrected chi connectivity index (χ1v) is 18.2. The van der Waals surface area contributed by atoms with E-state index in [2.05, 4.69) is 36.2 Å². The van der Waals surface area contributed by atoms with Crippen LogP contribution in [0.2, 0.25) is 0 Å². The number of aryl methyl sites for hydroxylation is 1. The topological polar surface area (TPSA) is 187 Å². The number of carbonyl (C=O) groups excluding carboxylic acids is 4. The summed E-state index contributed by atoms with van der Waals surface area (Å²) in [7, 11) is 0. The fourth-order valence-electron chi connectivity index (χ4n) is 6.81. The average Bonchev–Trinajstić information content (AvgIpc) is 3.48. The van der Waals surface area contributed by atoms with Crippen molar-refractivity contribution in [2.45, 2.75) is 90.3 Å². The van der Waals surface area contributed by atoms with Crippen molar-refractivity contribution >= 4 is 40.5 Å². The number of pyridine rings is 1. The number of fused-ring (bicyclic) bond motifs is 1. The summed E-state index contributed by atoms with van der Waals surface area (Å²) >= 11 is 0. The van der Waals surface area contributed by atoms with E-state index in [0.29, 0.717) is 41.8 Å². The monoisotopic (exact) mass is 709 g/mol. The highest BCUT2D eigenvalue weighted by Crippen LogP contribution is 2.29. The quantitative estimate of drug-likeness (QED) is 0.118. The van der Waals surface area contributed by atoms with E-state index in [1.165, 1.54) is 0 Å². The van der Waals surface area contributed by atoms with Crippen molar-refractivity contribution in [3.63, 3.8) is 0 Å². The molecule has 2 aliphatic carbocycles. The van der Waals surface area contributed by atoms with Crippen LogP contribution < -0.4 is 27.0 Å². The van der Waals surface area contributed by atoms with Crippen LogP contribution in [-0.4, -0.2) is 63.5 Å². The van der Waals surface area contributed by atoms with Gasteiger partial charge in [0.25, 0.3) is 5.91 Å². The van der Waals surface area contributed by atoms with Crippen LogP contribution in [0.15, 0.2) is 59.4 Å². The van der Waals surface area contributed by atoms with E-state index in [1.54, 1.807) is 38.1 Å². The van der Waals surface area contributed by atoms with Gasteiger partial charge in [0, 0.05) is 41.9 Å². The zero-order chi connectivity index (χ0) is 36.8. The van der Waals surface area contributed by atoms with Gasteiger partial charge in [0.2, 0.25) is 11.8 Å². The summed E-state index contributed by atoms with van der Waals surface area (Å²) in [5.41, 5.74) is 5.11. The van der Waals surface area contributed by atoms with Gasteiger partial charge in [-0.1, -0.05) is 30.3 Å². The number of carbonyl (C=O) groups is 4. The Kier molecular flexibility index (Phi) is 11.4. The summed E-state index contributed by atoms with van der Waals surface area (Å²) < 4.78 is 5.16. The van der Waals surface area contributed by atoms with Crippen LogP contribution in [-0.2, 0) is 20.7 Å². The average molecular weight is 710 g/mol. The second-order valence-corrected chi connectivity index (χ2v) is 14.3. The molecule has 1 atom stereocenters. The molecule has 2 heterocycles. The number of benzene rings is 2. The molecular formula is C39H47N7O6. The van der Waals surface area contributed by atoms with E-state index in [9.17, 15) is 24.0 Å². The van der Waals surface area contributed by atoms with Gasteiger partial charge in [0.1, 0.15) is 11.7 Å². The molecule has 0 spiro atoms. The van der Waals surface area contributed by atoms with Crippen LogP contribution in [0.25, 0.3) is 22.2 Å². The lowest BCUT2D eigenvalue weighted by Gasteiger charge is -2.29. The standard InChI is InChI=1S/C39H47N7O6/c1-22(2)52-39(51)40-21-25-9-13-27(14-10-25)35(47)44-34(37(49)43-29-15-17-31-33(20-29)46-38(50)45-31)19-24-7-11-26(12-8-24)30-16-18-32(41-23(30)3)36(48)42-28-5-4-6-28/h7-8,11-12,15-18,20,22,25,27-28,34H,4-6,9-10,13-14,19,21H2,1-3H3,(H,40,51)(H,42,48)(H,43,49)(H,44,47)(H2,45,46,50)/t25?,27?,34-/m0/s1. The van der Waals surface area contributed by atoms with Crippen molar-refractivity contribution in [3.8, 4) is 11.1 Å². The second-order valence-electron chi connectivity index (χ2n) is 14.3. The normalized spacial score (nSPS) is 17.9. The number of rotatable bonds is 12. The number of hydrogen-bond acceptors (Lipinski definition) is 7. The first kappa shape index (κ1) is 36.3. The van der Waals surface area contributed by atoms with Crippen LogP contribution in [0.5, 0.6) is 0 Å². The zero-order valence-corrected chi connectivity index (χ0v) is 29.8. The SMILES string of the molecule is Cc1nc(C(=O)NC2CCC2)ccc1-c1ccc(C[C@H](NC(=O)C2CCC(CNC(=O)OC(C)C)CC2)C(=O)Nc2ccc3[nH]c(=O)[nH]c3c2)cc1. The maximum atomic E-state index is 13.8. The molecule has 0 radical (unpaired) electrons. The van der Waals surface area contributed by atoms with Crippen LogP contribution in [0.1, 0.15) is 80.5 Å². The molecule has 4 aromatic rings. The molecule has 52 heavy (non-hydrogen) atoms. The molecule has 0 aliphatic heterocycles. The minimum absolute atomic E-state index is 0.156. The molecule has 0 bridgehead atoms. The molecule has 2 aromatic carbocycles. The molecule has 2 aliphatic rings. The number of aromatic nitrogens is 3. The van der Waals surface area contributed by atoms with Gasteiger partial charge in [0.05, 0.1) is 17.1 Å². The number of H-pyrrole nitrogens is 2. The molecule has 2 fully saturated rings. The number of anilines is 1. The summed E-state index contributed by atoms with van der Waals surface area (Å²) in [6.07, 6.45) is 5.59. The van der Waals surface area contributed by atoms with E-state index < -0.39 is 12.1 Å². The minimum atomic E-state index is -0.874. The Morgan fingerprint density at radius 2 is 1.63 bits per heavy atom. The Balaban J connectivity index is 1.12. The van der Waals surface area contributed by atoms with Gasteiger partial charge >= 0.3 is 11.8 Å². The Labute approximate surface area is 302 Å². The highest BCUT2D eigenvalue weighted by atomic mass is 16.6. The van der Waals surface area contributed by atoms with Gasteiger partial charge in [-0.05, 0) is 107 Å². The highest BCUT2D eigenvalue weighted by Gasteiger charge is 2.30. The highest BCUT2D eigenvalue weighted by molar-refractivity contribution is 5.99. The molecule has 2 saturated carbocycles. The van der Waals surface area contributed by atoms with Gasteiger partial charge in [0.15, 0.2) is 0 Å².